The molecule has 0 radical (unpaired) electrons. The molecule has 0 fully saturated rings. The fraction of sp³-hybridized carbons (Fsp3) is 0.576. The van der Waals surface area contributed by atoms with Crippen LogP contribution < -0.4 is 0 Å². The number of carbonyl (C=O) groups is 3. The third kappa shape index (κ3) is 50.4. The fourth-order valence-corrected chi connectivity index (χ4v) is 6.62. The van der Waals surface area contributed by atoms with Crippen molar-refractivity contribution in [3.05, 3.63) is 134 Å². The largest absolute Gasteiger partial charge is 0.462 e. The molecule has 0 aliphatic heterocycles. The van der Waals surface area contributed by atoms with Crippen molar-refractivity contribution in [3.63, 3.8) is 0 Å². The second-order valence-electron chi connectivity index (χ2n) is 16.6. The van der Waals surface area contributed by atoms with Crippen LogP contribution in [0.3, 0.4) is 0 Å². The first-order valence-electron chi connectivity index (χ1n) is 25.8. The van der Waals surface area contributed by atoms with Crippen molar-refractivity contribution in [1.82, 2.24) is 0 Å². The number of ether oxygens (including phenoxy) is 3. The van der Waals surface area contributed by atoms with Gasteiger partial charge in [0.1, 0.15) is 13.2 Å². The van der Waals surface area contributed by atoms with Gasteiger partial charge in [-0.3, -0.25) is 14.4 Å². The van der Waals surface area contributed by atoms with Crippen molar-refractivity contribution in [2.24, 2.45) is 0 Å². The summed E-state index contributed by atoms with van der Waals surface area (Å²) in [6.45, 7) is 6.23. The van der Waals surface area contributed by atoms with Crippen LogP contribution in [0.1, 0.15) is 201 Å². The van der Waals surface area contributed by atoms with Gasteiger partial charge in [0.2, 0.25) is 0 Å². The maximum absolute atomic E-state index is 12.8. The highest BCUT2D eigenvalue weighted by atomic mass is 16.6. The Morgan fingerprint density at radius 3 is 1.00 bits per heavy atom. The second-order valence-corrected chi connectivity index (χ2v) is 16.6. The van der Waals surface area contributed by atoms with E-state index in [1.807, 2.05) is 115 Å². The van der Waals surface area contributed by atoms with Crippen LogP contribution in [-0.2, 0) is 28.6 Å². The molecule has 1 unspecified atom stereocenters. The van der Waals surface area contributed by atoms with Gasteiger partial charge in [-0.25, -0.2) is 0 Å². The molecule has 0 aromatic carbocycles. The molecule has 0 heterocycles. The second kappa shape index (κ2) is 52.2. The predicted molar refractivity (Wildman–Crippen MR) is 279 cm³/mol. The lowest BCUT2D eigenvalue weighted by Crippen LogP contribution is -2.30. The Balaban J connectivity index is 4.57. The van der Waals surface area contributed by atoms with Crippen LogP contribution in [0.15, 0.2) is 134 Å². The maximum atomic E-state index is 12.8. The smallest absolute Gasteiger partial charge is 0.306 e. The molecule has 0 spiro atoms. The average molecular weight is 897 g/mol. The number of esters is 3. The first kappa shape index (κ1) is 60.6. The van der Waals surface area contributed by atoms with Crippen LogP contribution >= 0.6 is 0 Å². The van der Waals surface area contributed by atoms with Crippen molar-refractivity contribution in [2.75, 3.05) is 13.2 Å². The van der Waals surface area contributed by atoms with Gasteiger partial charge < -0.3 is 14.2 Å². The van der Waals surface area contributed by atoms with Crippen molar-refractivity contribution >= 4 is 17.9 Å². The van der Waals surface area contributed by atoms with Crippen molar-refractivity contribution < 1.29 is 28.6 Å². The number of hydrogen-bond donors (Lipinski definition) is 0. The Hall–Kier alpha value is -4.45. The van der Waals surface area contributed by atoms with Crippen molar-refractivity contribution in [1.29, 1.82) is 0 Å². The van der Waals surface area contributed by atoms with E-state index in [-0.39, 0.29) is 37.5 Å². The predicted octanol–water partition coefficient (Wildman–Crippen LogP) is 17.1. The standard InChI is InChI=1S/C59H92O6/c1-4-7-10-13-16-19-22-25-27-29-31-34-37-40-43-46-49-52-58(61)64-55-56(54-63-57(60)51-48-45-42-39-36-33-24-21-18-15-12-9-6-3)65-59(62)53-50-47-44-41-38-35-32-30-28-26-23-20-17-14-11-8-5-2/h7,9-10,12-13,15-16,18-19,21-22,24-25,27,29,31,33-34,36-37,39,42,56H,4-6,8,11,14,17,20,23,26,28,30,32,35,38,40-41,43-55H2,1-3H3/b10-7-,12-9-,16-13-,18-15-,22-19-,24-21-,27-25-,31-29+,36-33-,37-34-,42-39-. The SMILES string of the molecule is CC\C=C/C=C\C=C/C=C\C=C/CCCC(=O)OCC(COC(=O)CCCCC\C=C/C=C/C=C\C=C/C=C\C=C/CC)OC(=O)CCCCCCCCCCCCCCCCCCC. The Labute approximate surface area is 398 Å². The molecule has 0 rings (SSSR count). The third-order valence-electron chi connectivity index (χ3n) is 10.4. The molecule has 1 atom stereocenters. The minimum atomic E-state index is -0.828. The molecule has 0 bridgehead atoms. The van der Waals surface area contributed by atoms with Gasteiger partial charge >= 0.3 is 17.9 Å². The van der Waals surface area contributed by atoms with E-state index in [9.17, 15) is 14.4 Å². The van der Waals surface area contributed by atoms with Gasteiger partial charge in [-0.15, -0.1) is 0 Å². The van der Waals surface area contributed by atoms with Gasteiger partial charge in [0, 0.05) is 19.3 Å². The highest BCUT2D eigenvalue weighted by Gasteiger charge is 2.19. The molecule has 0 N–H and O–H groups in total. The Morgan fingerprint density at radius 1 is 0.323 bits per heavy atom. The van der Waals surface area contributed by atoms with Gasteiger partial charge in [-0.05, 0) is 51.4 Å². The normalized spacial score (nSPS) is 13.2. The van der Waals surface area contributed by atoms with Crippen molar-refractivity contribution in [3.8, 4) is 0 Å². The van der Waals surface area contributed by atoms with Crippen LogP contribution in [0, 0.1) is 0 Å². The lowest BCUT2D eigenvalue weighted by Gasteiger charge is -2.18. The van der Waals surface area contributed by atoms with Crippen LogP contribution in [0.5, 0.6) is 0 Å². The summed E-state index contributed by atoms with van der Waals surface area (Å²) in [5, 5.41) is 0. The van der Waals surface area contributed by atoms with E-state index in [0.717, 1.165) is 57.8 Å². The Kier molecular flexibility index (Phi) is 48.6. The van der Waals surface area contributed by atoms with E-state index >= 15 is 0 Å². The van der Waals surface area contributed by atoms with E-state index in [1.54, 1.807) is 0 Å². The van der Waals surface area contributed by atoms with Gasteiger partial charge in [0.15, 0.2) is 6.10 Å². The molecule has 364 valence electrons. The molecule has 0 amide bonds. The zero-order chi connectivity index (χ0) is 47.2. The molecular formula is C59H92O6. The van der Waals surface area contributed by atoms with E-state index in [2.05, 4.69) is 39.0 Å². The summed E-state index contributed by atoms with van der Waals surface area (Å²) in [7, 11) is 0. The molecule has 0 aromatic rings. The Morgan fingerprint density at radius 2 is 0.615 bits per heavy atom. The van der Waals surface area contributed by atoms with Crippen LogP contribution in [-0.4, -0.2) is 37.2 Å². The van der Waals surface area contributed by atoms with Gasteiger partial charge in [0.25, 0.3) is 0 Å². The molecule has 6 nitrogen and oxygen atoms in total. The first-order chi connectivity index (χ1) is 32.0. The molecule has 0 aliphatic carbocycles. The van der Waals surface area contributed by atoms with E-state index < -0.39 is 6.10 Å². The number of unbranched alkanes of at least 4 members (excludes halogenated alkanes) is 20. The Bertz CT molecular complexity index is 1450. The summed E-state index contributed by atoms with van der Waals surface area (Å²) in [6.07, 6.45) is 73.0. The summed E-state index contributed by atoms with van der Waals surface area (Å²) >= 11 is 0. The van der Waals surface area contributed by atoms with E-state index in [1.165, 1.54) is 89.9 Å². The lowest BCUT2D eigenvalue weighted by molar-refractivity contribution is -0.167. The number of allylic oxidation sites excluding steroid dienone is 22. The monoisotopic (exact) mass is 897 g/mol. The molecule has 6 heteroatoms. The lowest BCUT2D eigenvalue weighted by atomic mass is 10.0. The summed E-state index contributed by atoms with van der Waals surface area (Å²) in [5.74, 6) is -1.05. The van der Waals surface area contributed by atoms with Gasteiger partial charge in [-0.1, -0.05) is 264 Å². The highest BCUT2D eigenvalue weighted by molar-refractivity contribution is 5.71. The number of rotatable bonds is 44. The van der Waals surface area contributed by atoms with E-state index in [4.69, 9.17) is 14.2 Å². The third-order valence-corrected chi connectivity index (χ3v) is 10.4. The summed E-state index contributed by atoms with van der Waals surface area (Å²) in [6, 6.07) is 0. The van der Waals surface area contributed by atoms with Crippen LogP contribution in [0.4, 0.5) is 0 Å². The maximum Gasteiger partial charge on any atom is 0.306 e. The van der Waals surface area contributed by atoms with Crippen molar-refractivity contribution in [2.45, 2.75) is 207 Å². The minimum Gasteiger partial charge on any atom is -0.462 e. The molecule has 0 aromatic heterocycles. The zero-order valence-corrected chi connectivity index (χ0v) is 41.4. The average Bonchev–Trinajstić information content (AvgIpc) is 3.30. The minimum absolute atomic E-state index is 0.127. The van der Waals surface area contributed by atoms with Gasteiger partial charge in [0.05, 0.1) is 0 Å². The molecule has 65 heavy (non-hydrogen) atoms. The van der Waals surface area contributed by atoms with Gasteiger partial charge in [-0.2, -0.15) is 0 Å². The highest BCUT2D eigenvalue weighted by Crippen LogP contribution is 2.15. The molecule has 0 saturated carbocycles. The first-order valence-corrected chi connectivity index (χ1v) is 25.8. The fourth-order valence-electron chi connectivity index (χ4n) is 6.62. The summed E-state index contributed by atoms with van der Waals surface area (Å²) in [4.78, 5) is 38.0. The van der Waals surface area contributed by atoms with Crippen LogP contribution in [0.25, 0.3) is 0 Å². The number of hydrogen-bond acceptors (Lipinski definition) is 6. The summed E-state index contributed by atoms with van der Waals surface area (Å²) in [5.41, 5.74) is 0. The summed E-state index contributed by atoms with van der Waals surface area (Å²) < 4.78 is 16.7. The number of carbonyl (C=O) groups excluding carboxylic acids is 3. The molecule has 0 saturated heterocycles. The zero-order valence-electron chi connectivity index (χ0n) is 41.4. The molecular weight excluding hydrogens is 805 g/mol. The van der Waals surface area contributed by atoms with E-state index in [0.29, 0.717) is 25.7 Å². The molecule has 0 aliphatic rings. The van der Waals surface area contributed by atoms with Crippen LogP contribution in [0.2, 0.25) is 0 Å². The topological polar surface area (TPSA) is 78.9 Å². The quantitative estimate of drug-likeness (QED) is 0.0262.